The lowest BCUT2D eigenvalue weighted by Gasteiger charge is -2.39. The second kappa shape index (κ2) is 5.38. The van der Waals surface area contributed by atoms with E-state index in [-0.39, 0.29) is 0 Å². The van der Waals surface area contributed by atoms with Crippen molar-refractivity contribution in [3.63, 3.8) is 0 Å². The van der Waals surface area contributed by atoms with Crippen molar-refractivity contribution in [2.24, 2.45) is 0 Å². The van der Waals surface area contributed by atoms with Crippen LogP contribution in [0.5, 0.6) is 0 Å². The second-order valence-electron chi connectivity index (χ2n) is 5.27. The molecule has 1 aromatic heterocycles. The molecule has 1 fully saturated rings. The maximum absolute atomic E-state index is 6.00. The molecule has 0 amide bonds. The number of rotatable bonds is 4. The number of nitrogens with zero attached hydrogens (tertiary/aromatic N) is 2. The maximum Gasteiger partial charge on any atom is 0.0726 e. The van der Waals surface area contributed by atoms with Gasteiger partial charge in [-0.3, -0.25) is 4.98 Å². The topological polar surface area (TPSA) is 16.1 Å². The highest BCUT2D eigenvalue weighted by Crippen LogP contribution is 2.34. The summed E-state index contributed by atoms with van der Waals surface area (Å²) in [7, 11) is 0. The van der Waals surface area contributed by atoms with Gasteiger partial charge in [0.2, 0.25) is 0 Å². The quantitative estimate of drug-likeness (QED) is 0.779. The Bertz CT molecular complexity index is 578. The molecule has 3 rings (SSSR count). The molecular formula is C16H19ClN2. The zero-order valence-corrected chi connectivity index (χ0v) is 12.0. The third-order valence-corrected chi connectivity index (χ3v) is 4.14. The molecule has 0 unspecified atom stereocenters. The molecule has 1 aromatic carbocycles. The Labute approximate surface area is 119 Å². The zero-order chi connectivity index (χ0) is 13.2. The molecule has 19 heavy (non-hydrogen) atoms. The minimum atomic E-state index is 0.656. The van der Waals surface area contributed by atoms with E-state index in [1.807, 2.05) is 6.07 Å². The first kappa shape index (κ1) is 12.7. The minimum Gasteiger partial charge on any atom is -0.367 e. The molecule has 1 aliphatic carbocycles. The zero-order valence-electron chi connectivity index (χ0n) is 11.3. The first-order chi connectivity index (χ1) is 9.29. The molecular weight excluding hydrogens is 256 g/mol. The summed E-state index contributed by atoms with van der Waals surface area (Å²) in [4.78, 5) is 7.10. The van der Waals surface area contributed by atoms with E-state index >= 15 is 0 Å². The standard InChI is InChI=1S/C16H19ClN2/c1-12-11-16(14-7-2-3-8-15(14)18-12)19(10-9-17)13-5-4-6-13/h2-3,7-8,11,13H,4-6,9-10H2,1H3. The van der Waals surface area contributed by atoms with E-state index in [9.17, 15) is 0 Å². The van der Waals surface area contributed by atoms with Gasteiger partial charge in [0.05, 0.1) is 5.52 Å². The number of hydrogen-bond donors (Lipinski definition) is 0. The highest BCUT2D eigenvalue weighted by Gasteiger charge is 2.26. The van der Waals surface area contributed by atoms with Crippen molar-refractivity contribution < 1.29 is 0 Å². The summed E-state index contributed by atoms with van der Waals surface area (Å²) in [5, 5.41) is 1.24. The van der Waals surface area contributed by atoms with E-state index in [4.69, 9.17) is 11.6 Å². The lowest BCUT2D eigenvalue weighted by Crippen LogP contribution is -2.41. The Kier molecular flexibility index (Phi) is 3.61. The molecule has 2 aromatic rings. The SMILES string of the molecule is Cc1cc(N(CCCl)C2CCC2)c2ccccc2n1. The molecule has 3 heteroatoms. The molecule has 0 bridgehead atoms. The van der Waals surface area contributed by atoms with Crippen molar-refractivity contribution in [3.05, 3.63) is 36.0 Å². The Balaban J connectivity index is 2.10. The Morgan fingerprint density at radius 1 is 1.32 bits per heavy atom. The van der Waals surface area contributed by atoms with Gasteiger partial charge < -0.3 is 4.90 Å². The Hall–Kier alpha value is -1.28. The molecule has 0 atom stereocenters. The Morgan fingerprint density at radius 2 is 2.11 bits per heavy atom. The Morgan fingerprint density at radius 3 is 2.79 bits per heavy atom. The van der Waals surface area contributed by atoms with Crippen molar-refractivity contribution >= 4 is 28.2 Å². The van der Waals surface area contributed by atoms with Crippen LogP contribution in [0.1, 0.15) is 25.0 Å². The second-order valence-corrected chi connectivity index (χ2v) is 5.64. The molecule has 0 N–H and O–H groups in total. The van der Waals surface area contributed by atoms with Gasteiger partial charge in [0.1, 0.15) is 0 Å². The number of halogens is 1. The van der Waals surface area contributed by atoms with E-state index in [2.05, 4.69) is 41.1 Å². The molecule has 0 saturated heterocycles. The summed E-state index contributed by atoms with van der Waals surface area (Å²) < 4.78 is 0. The fourth-order valence-electron chi connectivity index (χ4n) is 2.81. The largest absolute Gasteiger partial charge is 0.367 e. The minimum absolute atomic E-state index is 0.656. The van der Waals surface area contributed by atoms with E-state index in [1.54, 1.807) is 0 Å². The molecule has 0 radical (unpaired) electrons. The number of aromatic nitrogens is 1. The van der Waals surface area contributed by atoms with Crippen molar-refractivity contribution in [1.82, 2.24) is 4.98 Å². The number of anilines is 1. The number of hydrogen-bond acceptors (Lipinski definition) is 2. The maximum atomic E-state index is 6.00. The summed E-state index contributed by atoms with van der Waals surface area (Å²) in [5.74, 6) is 0.673. The lowest BCUT2D eigenvalue weighted by molar-refractivity contribution is 0.391. The monoisotopic (exact) mass is 274 g/mol. The van der Waals surface area contributed by atoms with Crippen molar-refractivity contribution in [3.8, 4) is 0 Å². The van der Waals surface area contributed by atoms with Crippen LogP contribution < -0.4 is 4.90 Å². The lowest BCUT2D eigenvalue weighted by atomic mass is 9.90. The van der Waals surface area contributed by atoms with Crippen molar-refractivity contribution in [2.45, 2.75) is 32.2 Å². The van der Waals surface area contributed by atoms with E-state index in [0.29, 0.717) is 11.9 Å². The average Bonchev–Trinajstić information content (AvgIpc) is 2.35. The molecule has 2 nitrogen and oxygen atoms in total. The fraction of sp³-hybridized carbons (Fsp3) is 0.438. The van der Waals surface area contributed by atoms with Crippen LogP contribution in [0.3, 0.4) is 0 Å². The van der Waals surface area contributed by atoms with Crippen molar-refractivity contribution in [1.29, 1.82) is 0 Å². The highest BCUT2D eigenvalue weighted by atomic mass is 35.5. The summed E-state index contributed by atoms with van der Waals surface area (Å²) in [6, 6.07) is 11.2. The van der Waals surface area contributed by atoms with Crippen LogP contribution in [0.25, 0.3) is 10.9 Å². The van der Waals surface area contributed by atoms with E-state index in [1.165, 1.54) is 30.3 Å². The summed E-state index contributed by atoms with van der Waals surface area (Å²) in [5.41, 5.74) is 3.46. The summed E-state index contributed by atoms with van der Waals surface area (Å²) >= 11 is 6.00. The van der Waals surface area contributed by atoms with Gasteiger partial charge in [-0.1, -0.05) is 18.2 Å². The predicted octanol–water partition coefficient (Wildman–Crippen LogP) is 4.14. The van der Waals surface area contributed by atoms with Gasteiger partial charge in [-0.2, -0.15) is 0 Å². The van der Waals surface area contributed by atoms with Crippen molar-refractivity contribution in [2.75, 3.05) is 17.3 Å². The molecule has 0 aliphatic heterocycles. The van der Waals surface area contributed by atoms with Crippen LogP contribution in [0.4, 0.5) is 5.69 Å². The van der Waals surface area contributed by atoms with Crippen LogP contribution in [0.15, 0.2) is 30.3 Å². The number of fused-ring (bicyclic) bond motifs is 1. The number of para-hydroxylation sites is 1. The third kappa shape index (κ3) is 2.42. The van der Waals surface area contributed by atoms with E-state index in [0.717, 1.165) is 17.8 Å². The predicted molar refractivity (Wildman–Crippen MR) is 82.2 cm³/mol. The summed E-state index contributed by atoms with van der Waals surface area (Å²) in [6.45, 7) is 2.98. The van der Waals surface area contributed by atoms with Gasteiger partial charge in [-0.25, -0.2) is 0 Å². The van der Waals surface area contributed by atoms with Gasteiger partial charge in [0.15, 0.2) is 0 Å². The molecule has 100 valence electrons. The van der Waals surface area contributed by atoms with Crippen LogP contribution >= 0.6 is 11.6 Å². The van der Waals surface area contributed by atoms with Gasteiger partial charge in [-0.15, -0.1) is 11.6 Å². The normalized spacial score (nSPS) is 15.5. The average molecular weight is 275 g/mol. The van der Waals surface area contributed by atoms with Crippen LogP contribution in [0, 0.1) is 6.92 Å². The smallest absolute Gasteiger partial charge is 0.0726 e. The van der Waals surface area contributed by atoms with Gasteiger partial charge in [0, 0.05) is 35.2 Å². The van der Waals surface area contributed by atoms with Gasteiger partial charge in [-0.05, 0) is 38.3 Å². The van der Waals surface area contributed by atoms with Gasteiger partial charge in [0.25, 0.3) is 0 Å². The van der Waals surface area contributed by atoms with Crippen LogP contribution in [0.2, 0.25) is 0 Å². The number of alkyl halides is 1. The molecule has 0 spiro atoms. The molecule has 1 saturated carbocycles. The highest BCUT2D eigenvalue weighted by molar-refractivity contribution is 6.18. The first-order valence-electron chi connectivity index (χ1n) is 6.98. The van der Waals surface area contributed by atoms with Crippen LogP contribution in [-0.4, -0.2) is 23.5 Å². The number of pyridine rings is 1. The van der Waals surface area contributed by atoms with Gasteiger partial charge >= 0.3 is 0 Å². The number of aryl methyl sites for hydroxylation is 1. The van der Waals surface area contributed by atoms with Crippen LogP contribution in [-0.2, 0) is 0 Å². The number of benzene rings is 1. The molecule has 1 aliphatic rings. The third-order valence-electron chi connectivity index (χ3n) is 3.97. The first-order valence-corrected chi connectivity index (χ1v) is 7.52. The fourth-order valence-corrected chi connectivity index (χ4v) is 2.99. The molecule has 1 heterocycles. The summed E-state index contributed by atoms with van der Waals surface area (Å²) in [6.07, 6.45) is 3.91. The van der Waals surface area contributed by atoms with E-state index < -0.39 is 0 Å².